The van der Waals surface area contributed by atoms with Gasteiger partial charge in [-0.2, -0.15) is 5.26 Å². The highest BCUT2D eigenvalue weighted by Crippen LogP contribution is 2.15. The summed E-state index contributed by atoms with van der Waals surface area (Å²) in [7, 11) is 0. The molecule has 0 aliphatic carbocycles. The lowest BCUT2D eigenvalue weighted by Gasteiger charge is -2.23. The number of hydrogen-bond donors (Lipinski definition) is 2. The minimum atomic E-state index is -0.0236. The van der Waals surface area contributed by atoms with E-state index in [4.69, 9.17) is 5.26 Å². The lowest BCUT2D eigenvalue weighted by molar-refractivity contribution is -0.122. The summed E-state index contributed by atoms with van der Waals surface area (Å²) in [6, 6.07) is 9.92. The maximum Gasteiger partial charge on any atom is 0.220 e. The number of piperidine rings is 1. The Morgan fingerprint density at radius 3 is 2.81 bits per heavy atom. The first-order valence-electron chi connectivity index (χ1n) is 7.72. The first-order valence-corrected chi connectivity index (χ1v) is 7.72. The van der Waals surface area contributed by atoms with Gasteiger partial charge in [0.05, 0.1) is 17.7 Å². The van der Waals surface area contributed by atoms with Crippen molar-refractivity contribution in [1.29, 1.82) is 5.26 Å². The first kappa shape index (κ1) is 15.5. The van der Waals surface area contributed by atoms with Crippen LogP contribution in [0.3, 0.4) is 0 Å². The van der Waals surface area contributed by atoms with Crippen LogP contribution >= 0.6 is 0 Å². The van der Waals surface area contributed by atoms with Crippen LogP contribution in [0.5, 0.6) is 0 Å². The summed E-state index contributed by atoms with van der Waals surface area (Å²) in [6.45, 7) is 3.05. The van der Waals surface area contributed by atoms with E-state index in [9.17, 15) is 4.79 Å². The standard InChI is InChI=1S/C17H23N3O/c1-13(15-7-5-14(12-18)6-8-15)20-17(21)10-9-16-4-2-3-11-19-16/h5-8,13,16,19H,2-4,9-11H2,1H3,(H,20,21). The molecule has 2 rings (SSSR count). The van der Waals surface area contributed by atoms with Crippen LogP contribution in [0.15, 0.2) is 24.3 Å². The van der Waals surface area contributed by atoms with Crippen LogP contribution in [-0.2, 0) is 4.79 Å². The zero-order chi connectivity index (χ0) is 15.1. The zero-order valence-corrected chi connectivity index (χ0v) is 12.6. The van der Waals surface area contributed by atoms with Crippen molar-refractivity contribution in [3.8, 4) is 6.07 Å². The topological polar surface area (TPSA) is 64.9 Å². The van der Waals surface area contributed by atoms with Crippen LogP contribution in [0, 0.1) is 11.3 Å². The molecule has 1 heterocycles. The van der Waals surface area contributed by atoms with Crippen LogP contribution < -0.4 is 10.6 Å². The Morgan fingerprint density at radius 2 is 2.19 bits per heavy atom. The summed E-state index contributed by atoms with van der Waals surface area (Å²) in [5.74, 6) is 0.0965. The van der Waals surface area contributed by atoms with E-state index in [0.717, 1.165) is 18.5 Å². The van der Waals surface area contributed by atoms with E-state index in [-0.39, 0.29) is 11.9 Å². The minimum absolute atomic E-state index is 0.0236. The van der Waals surface area contributed by atoms with E-state index < -0.39 is 0 Å². The van der Waals surface area contributed by atoms with E-state index in [1.807, 2.05) is 19.1 Å². The number of nitrogens with one attached hydrogen (secondary N) is 2. The summed E-state index contributed by atoms with van der Waals surface area (Å²) in [5, 5.41) is 15.3. The molecule has 2 N–H and O–H groups in total. The first-order chi connectivity index (χ1) is 10.2. The Kier molecular flexibility index (Phi) is 5.77. The smallest absolute Gasteiger partial charge is 0.220 e. The van der Waals surface area contributed by atoms with Gasteiger partial charge in [-0.25, -0.2) is 0 Å². The van der Waals surface area contributed by atoms with Gasteiger partial charge in [-0.15, -0.1) is 0 Å². The molecule has 0 aromatic heterocycles. The Hall–Kier alpha value is -1.86. The van der Waals surface area contributed by atoms with Gasteiger partial charge in [-0.1, -0.05) is 18.6 Å². The molecule has 1 aromatic rings. The molecule has 4 nitrogen and oxygen atoms in total. The molecule has 112 valence electrons. The van der Waals surface area contributed by atoms with Crippen molar-refractivity contribution < 1.29 is 4.79 Å². The predicted molar refractivity (Wildman–Crippen MR) is 82.6 cm³/mol. The molecule has 2 atom stereocenters. The second-order valence-electron chi connectivity index (χ2n) is 5.71. The lowest BCUT2D eigenvalue weighted by Crippen LogP contribution is -2.35. The van der Waals surface area contributed by atoms with Crippen molar-refractivity contribution in [2.45, 2.75) is 51.1 Å². The fraction of sp³-hybridized carbons (Fsp3) is 0.529. The van der Waals surface area contributed by atoms with Gasteiger partial charge in [-0.3, -0.25) is 4.79 Å². The second-order valence-corrected chi connectivity index (χ2v) is 5.71. The minimum Gasteiger partial charge on any atom is -0.350 e. The fourth-order valence-corrected chi connectivity index (χ4v) is 2.72. The third-order valence-electron chi connectivity index (χ3n) is 4.05. The summed E-state index contributed by atoms with van der Waals surface area (Å²) in [5.41, 5.74) is 1.67. The third kappa shape index (κ3) is 4.87. The highest BCUT2D eigenvalue weighted by atomic mass is 16.1. The molecule has 0 radical (unpaired) electrons. The van der Waals surface area contributed by atoms with Crippen molar-refractivity contribution in [3.63, 3.8) is 0 Å². The van der Waals surface area contributed by atoms with Crippen molar-refractivity contribution in [2.24, 2.45) is 0 Å². The van der Waals surface area contributed by atoms with Gasteiger partial charge < -0.3 is 10.6 Å². The molecule has 1 aromatic carbocycles. The number of carbonyl (C=O) groups excluding carboxylic acids is 1. The number of carbonyl (C=O) groups is 1. The number of rotatable bonds is 5. The van der Waals surface area contributed by atoms with Crippen molar-refractivity contribution >= 4 is 5.91 Å². The van der Waals surface area contributed by atoms with E-state index >= 15 is 0 Å². The average molecular weight is 285 g/mol. The average Bonchev–Trinajstić information content (AvgIpc) is 2.54. The maximum absolute atomic E-state index is 12.0. The maximum atomic E-state index is 12.0. The lowest BCUT2D eigenvalue weighted by atomic mass is 10.00. The van der Waals surface area contributed by atoms with Crippen LogP contribution in [0.1, 0.15) is 56.2 Å². The largest absolute Gasteiger partial charge is 0.350 e. The molecule has 2 unspecified atom stereocenters. The van der Waals surface area contributed by atoms with Crippen LogP contribution in [0.25, 0.3) is 0 Å². The van der Waals surface area contributed by atoms with Gasteiger partial charge >= 0.3 is 0 Å². The molecule has 21 heavy (non-hydrogen) atoms. The number of hydrogen-bond acceptors (Lipinski definition) is 3. The zero-order valence-electron chi connectivity index (χ0n) is 12.6. The Morgan fingerprint density at radius 1 is 1.43 bits per heavy atom. The number of benzene rings is 1. The molecule has 0 spiro atoms. The molecular weight excluding hydrogens is 262 g/mol. The molecule has 1 fully saturated rings. The van der Waals surface area contributed by atoms with Gasteiger partial charge in [0.15, 0.2) is 0 Å². The van der Waals surface area contributed by atoms with E-state index in [1.54, 1.807) is 12.1 Å². The van der Waals surface area contributed by atoms with Crippen LogP contribution in [0.4, 0.5) is 0 Å². The molecule has 1 saturated heterocycles. The quantitative estimate of drug-likeness (QED) is 0.874. The van der Waals surface area contributed by atoms with Crippen LogP contribution in [0.2, 0.25) is 0 Å². The van der Waals surface area contributed by atoms with Gasteiger partial charge in [0.2, 0.25) is 5.91 Å². The molecule has 1 amide bonds. The second kappa shape index (κ2) is 7.80. The highest BCUT2D eigenvalue weighted by molar-refractivity contribution is 5.76. The Balaban J connectivity index is 1.76. The van der Waals surface area contributed by atoms with Crippen molar-refractivity contribution in [2.75, 3.05) is 6.54 Å². The van der Waals surface area contributed by atoms with E-state index in [1.165, 1.54) is 19.3 Å². The SMILES string of the molecule is CC(NC(=O)CCC1CCCCN1)c1ccc(C#N)cc1. The third-order valence-corrected chi connectivity index (χ3v) is 4.05. The van der Waals surface area contributed by atoms with E-state index in [0.29, 0.717) is 18.0 Å². The monoisotopic (exact) mass is 285 g/mol. The molecule has 4 heteroatoms. The van der Waals surface area contributed by atoms with Crippen molar-refractivity contribution in [1.82, 2.24) is 10.6 Å². The summed E-state index contributed by atoms with van der Waals surface area (Å²) in [4.78, 5) is 12.0. The van der Waals surface area contributed by atoms with Crippen LogP contribution in [-0.4, -0.2) is 18.5 Å². The molecule has 0 bridgehead atoms. The fourth-order valence-electron chi connectivity index (χ4n) is 2.72. The molecular formula is C17H23N3O. The van der Waals surface area contributed by atoms with Gasteiger partial charge in [0.25, 0.3) is 0 Å². The summed E-state index contributed by atoms with van der Waals surface area (Å²) >= 11 is 0. The van der Waals surface area contributed by atoms with E-state index in [2.05, 4.69) is 16.7 Å². The Bertz CT molecular complexity index is 498. The van der Waals surface area contributed by atoms with Crippen molar-refractivity contribution in [3.05, 3.63) is 35.4 Å². The summed E-state index contributed by atoms with van der Waals surface area (Å²) < 4.78 is 0. The number of nitrogens with zero attached hydrogens (tertiary/aromatic N) is 1. The highest BCUT2D eigenvalue weighted by Gasteiger charge is 2.15. The van der Waals surface area contributed by atoms with Gasteiger partial charge in [0, 0.05) is 12.5 Å². The molecule has 1 aliphatic rings. The normalized spacial score (nSPS) is 19.5. The predicted octanol–water partition coefficient (Wildman–Crippen LogP) is 2.66. The number of amides is 1. The number of nitriles is 1. The van der Waals surface area contributed by atoms with Gasteiger partial charge in [-0.05, 0) is 50.4 Å². The molecule has 1 aliphatic heterocycles. The summed E-state index contributed by atoms with van der Waals surface area (Å²) in [6.07, 6.45) is 5.17. The molecule has 0 saturated carbocycles. The Labute approximate surface area is 126 Å². The van der Waals surface area contributed by atoms with Gasteiger partial charge in [0.1, 0.15) is 0 Å².